The largest absolute Gasteiger partial charge is 0.314 e. The van der Waals surface area contributed by atoms with Gasteiger partial charge < -0.3 is 0 Å². The van der Waals surface area contributed by atoms with Crippen molar-refractivity contribution in [3.05, 3.63) is 60.6 Å². The van der Waals surface area contributed by atoms with Crippen LogP contribution in [0.3, 0.4) is 0 Å². The fourth-order valence-electron chi connectivity index (χ4n) is 2.31. The predicted octanol–water partition coefficient (Wildman–Crippen LogP) is 2.34. The van der Waals surface area contributed by atoms with Crippen LogP contribution in [0.1, 0.15) is 5.69 Å². The van der Waals surface area contributed by atoms with Gasteiger partial charge in [-0.1, -0.05) is 18.2 Å². The van der Waals surface area contributed by atoms with Crippen molar-refractivity contribution >= 4 is 28.4 Å². The van der Waals surface area contributed by atoms with Crippen LogP contribution in [0.4, 0.5) is 0 Å². The Morgan fingerprint density at radius 2 is 1.95 bits per heavy atom. The third-order valence-corrected chi connectivity index (χ3v) is 4.22. The standard InChI is InChI=1S/C15H12N4S/c1-2-6-13-12(5-1)17-15(18-13)20-10-11-9-19-8-4-3-7-14(19)16-11/h1-9H,10H2,(H,17,18)/p+2. The molecule has 20 heavy (non-hydrogen) atoms. The zero-order valence-electron chi connectivity index (χ0n) is 10.8. The highest BCUT2D eigenvalue weighted by Gasteiger charge is 2.13. The van der Waals surface area contributed by atoms with Gasteiger partial charge in [-0.25, -0.2) is 19.4 Å². The summed E-state index contributed by atoms with van der Waals surface area (Å²) in [4.78, 5) is 10.2. The Kier molecular flexibility index (Phi) is 2.70. The smallest absolute Gasteiger partial charge is 0.240 e. The van der Waals surface area contributed by atoms with Crippen LogP contribution in [0.25, 0.3) is 16.7 Å². The number of rotatable bonds is 3. The van der Waals surface area contributed by atoms with E-state index in [4.69, 9.17) is 0 Å². The molecule has 4 nitrogen and oxygen atoms in total. The number of imidazole rings is 2. The molecule has 98 valence electrons. The van der Waals surface area contributed by atoms with E-state index in [0.29, 0.717) is 0 Å². The fraction of sp³-hybridized carbons (Fsp3) is 0.0667. The molecule has 1 aromatic carbocycles. The van der Waals surface area contributed by atoms with Crippen molar-refractivity contribution in [1.82, 2.24) is 9.97 Å². The summed E-state index contributed by atoms with van der Waals surface area (Å²) in [5.41, 5.74) is 4.60. The number of aromatic amines is 3. The van der Waals surface area contributed by atoms with Crippen molar-refractivity contribution in [2.45, 2.75) is 10.9 Å². The number of thioether (sulfide) groups is 1. The molecule has 0 amide bonds. The molecule has 0 saturated heterocycles. The zero-order valence-corrected chi connectivity index (χ0v) is 11.6. The van der Waals surface area contributed by atoms with Crippen molar-refractivity contribution in [3.63, 3.8) is 0 Å². The fourth-order valence-corrected chi connectivity index (χ4v) is 3.12. The highest BCUT2D eigenvalue weighted by Crippen LogP contribution is 2.18. The number of hydrogen-bond donors (Lipinski definition) is 2. The van der Waals surface area contributed by atoms with Gasteiger partial charge in [0.1, 0.15) is 6.20 Å². The van der Waals surface area contributed by atoms with Crippen LogP contribution in [-0.2, 0) is 5.75 Å². The molecular formula is C15H14N4S+2. The first-order chi connectivity index (χ1) is 9.88. The Hall–Kier alpha value is -2.27. The Bertz CT molecular complexity index is 737. The van der Waals surface area contributed by atoms with Gasteiger partial charge in [-0.3, -0.25) is 0 Å². The number of aromatic nitrogens is 4. The summed E-state index contributed by atoms with van der Waals surface area (Å²) < 4.78 is 2.10. The highest BCUT2D eigenvalue weighted by molar-refractivity contribution is 7.98. The Labute approximate surface area is 119 Å². The lowest BCUT2D eigenvalue weighted by molar-refractivity contribution is -0.510. The molecule has 5 heteroatoms. The number of H-pyrrole nitrogens is 3. The predicted molar refractivity (Wildman–Crippen MR) is 78.4 cm³/mol. The maximum Gasteiger partial charge on any atom is 0.314 e. The van der Waals surface area contributed by atoms with Gasteiger partial charge in [0.15, 0.2) is 16.7 Å². The van der Waals surface area contributed by atoms with Crippen LogP contribution in [0.5, 0.6) is 0 Å². The highest BCUT2D eigenvalue weighted by atomic mass is 32.2. The SMILES string of the molecule is c1ccc2[nH+]c(SCc3c[n+]4ccccc4[nH]3)[nH]c2c1. The molecule has 3 aromatic heterocycles. The molecule has 0 fully saturated rings. The molecule has 4 aromatic rings. The molecule has 0 aliphatic carbocycles. The van der Waals surface area contributed by atoms with Gasteiger partial charge >= 0.3 is 5.16 Å². The van der Waals surface area contributed by atoms with E-state index in [1.807, 2.05) is 24.3 Å². The van der Waals surface area contributed by atoms with E-state index in [2.05, 4.69) is 49.9 Å². The number of nitrogens with zero attached hydrogens (tertiary/aromatic N) is 1. The van der Waals surface area contributed by atoms with Crippen molar-refractivity contribution in [1.29, 1.82) is 0 Å². The second-order valence-corrected chi connectivity index (χ2v) is 5.67. The quantitative estimate of drug-likeness (QED) is 0.440. The van der Waals surface area contributed by atoms with E-state index in [-0.39, 0.29) is 0 Å². The second-order valence-electron chi connectivity index (χ2n) is 4.69. The van der Waals surface area contributed by atoms with Crippen LogP contribution in [-0.4, -0.2) is 9.97 Å². The molecule has 3 heterocycles. The van der Waals surface area contributed by atoms with Crippen LogP contribution in [0.15, 0.2) is 60.0 Å². The normalized spacial score (nSPS) is 11.4. The maximum atomic E-state index is 3.41. The monoisotopic (exact) mass is 282 g/mol. The summed E-state index contributed by atoms with van der Waals surface area (Å²) in [6, 6.07) is 14.4. The average Bonchev–Trinajstić information content (AvgIpc) is 3.07. The molecule has 0 aliphatic rings. The van der Waals surface area contributed by atoms with Crippen molar-refractivity contribution in [2.75, 3.05) is 0 Å². The van der Waals surface area contributed by atoms with Gasteiger partial charge in [0.25, 0.3) is 5.65 Å². The van der Waals surface area contributed by atoms with E-state index >= 15 is 0 Å². The molecular weight excluding hydrogens is 268 g/mol. The van der Waals surface area contributed by atoms with Crippen LogP contribution < -0.4 is 9.38 Å². The number of nitrogens with one attached hydrogen (secondary N) is 3. The lowest BCUT2D eigenvalue weighted by atomic mass is 10.3. The number of fused-ring (bicyclic) bond motifs is 2. The molecule has 0 saturated carbocycles. The maximum absolute atomic E-state index is 3.41. The van der Waals surface area contributed by atoms with E-state index in [9.17, 15) is 0 Å². The van der Waals surface area contributed by atoms with Gasteiger partial charge in [0, 0.05) is 6.07 Å². The third-order valence-electron chi connectivity index (χ3n) is 3.27. The van der Waals surface area contributed by atoms with Gasteiger partial charge in [-0.05, 0) is 30.0 Å². The van der Waals surface area contributed by atoms with Gasteiger partial charge in [-0.2, -0.15) is 0 Å². The Morgan fingerprint density at radius 3 is 2.85 bits per heavy atom. The van der Waals surface area contributed by atoms with Gasteiger partial charge in [-0.15, -0.1) is 0 Å². The van der Waals surface area contributed by atoms with Crippen LogP contribution in [0, 0.1) is 0 Å². The van der Waals surface area contributed by atoms with Crippen molar-refractivity contribution in [3.8, 4) is 0 Å². The molecule has 0 spiro atoms. The van der Waals surface area contributed by atoms with Crippen molar-refractivity contribution in [2.24, 2.45) is 0 Å². The van der Waals surface area contributed by atoms with Gasteiger partial charge in [0.05, 0.1) is 11.9 Å². The summed E-state index contributed by atoms with van der Waals surface area (Å²) in [6.45, 7) is 0. The minimum absolute atomic E-state index is 0.894. The second kappa shape index (κ2) is 4.68. The van der Waals surface area contributed by atoms with Gasteiger partial charge in [0.2, 0.25) is 0 Å². The molecule has 0 unspecified atom stereocenters. The number of hydrogen-bond acceptors (Lipinski definition) is 1. The molecule has 3 N–H and O–H groups in total. The number of benzene rings is 1. The Balaban J connectivity index is 1.57. The topological polar surface area (TPSA) is 49.8 Å². The Morgan fingerprint density at radius 1 is 1.05 bits per heavy atom. The molecule has 0 aliphatic heterocycles. The first-order valence-electron chi connectivity index (χ1n) is 6.49. The van der Waals surface area contributed by atoms with E-state index in [1.54, 1.807) is 11.8 Å². The number of pyridine rings is 1. The number of para-hydroxylation sites is 2. The molecule has 0 radical (unpaired) electrons. The lowest BCUT2D eigenvalue weighted by Crippen LogP contribution is -2.16. The van der Waals surface area contributed by atoms with Crippen molar-refractivity contribution < 1.29 is 9.38 Å². The molecule has 0 atom stereocenters. The average molecular weight is 282 g/mol. The van der Waals surface area contributed by atoms with Crippen LogP contribution in [0.2, 0.25) is 0 Å². The van der Waals surface area contributed by atoms with Crippen LogP contribution >= 0.6 is 11.8 Å². The van der Waals surface area contributed by atoms with E-state index in [0.717, 1.165) is 27.6 Å². The van der Waals surface area contributed by atoms with E-state index < -0.39 is 0 Å². The lowest BCUT2D eigenvalue weighted by Gasteiger charge is -1.85. The summed E-state index contributed by atoms with van der Waals surface area (Å²) in [7, 11) is 0. The minimum Gasteiger partial charge on any atom is -0.240 e. The summed E-state index contributed by atoms with van der Waals surface area (Å²) in [5, 5.41) is 1.08. The first kappa shape index (κ1) is 11.5. The third kappa shape index (κ3) is 2.06. The molecule has 4 rings (SSSR count). The summed E-state index contributed by atoms with van der Waals surface area (Å²) in [5.74, 6) is 0.894. The first-order valence-corrected chi connectivity index (χ1v) is 7.48. The summed E-state index contributed by atoms with van der Waals surface area (Å²) >= 11 is 1.76. The summed E-state index contributed by atoms with van der Waals surface area (Å²) in [6.07, 6.45) is 4.18. The van der Waals surface area contributed by atoms with E-state index in [1.165, 1.54) is 5.69 Å². The minimum atomic E-state index is 0.894. The zero-order chi connectivity index (χ0) is 13.4. The molecule has 0 bridgehead atoms.